The van der Waals surface area contributed by atoms with Crippen molar-refractivity contribution in [1.82, 2.24) is 24.4 Å². The zero-order valence-electron chi connectivity index (χ0n) is 17.4. The summed E-state index contributed by atoms with van der Waals surface area (Å²) >= 11 is 0. The van der Waals surface area contributed by atoms with Crippen LogP contribution in [0.4, 0.5) is 5.82 Å². The van der Waals surface area contributed by atoms with Gasteiger partial charge in [-0.15, -0.1) is 0 Å². The van der Waals surface area contributed by atoms with E-state index < -0.39 is 0 Å². The molecule has 7 heteroatoms. The van der Waals surface area contributed by atoms with Gasteiger partial charge in [-0.05, 0) is 57.6 Å². The predicted octanol–water partition coefficient (Wildman–Crippen LogP) is 3.02. The van der Waals surface area contributed by atoms with Crippen LogP contribution in [-0.4, -0.2) is 50.6 Å². The highest BCUT2D eigenvalue weighted by atomic mass is 16.1. The number of fused-ring (bicyclic) bond motifs is 1. The number of piperidine rings is 1. The first-order valence-electron chi connectivity index (χ1n) is 10.4. The van der Waals surface area contributed by atoms with Gasteiger partial charge in [0.15, 0.2) is 0 Å². The number of anilines is 1. The van der Waals surface area contributed by atoms with Crippen LogP contribution in [0.2, 0.25) is 0 Å². The molecule has 0 radical (unpaired) electrons. The van der Waals surface area contributed by atoms with Crippen LogP contribution in [0, 0.1) is 0 Å². The molecule has 0 spiro atoms. The third-order valence-corrected chi connectivity index (χ3v) is 5.78. The maximum absolute atomic E-state index is 12.6. The molecule has 7 nitrogen and oxygen atoms in total. The SMILES string of the molecule is CCNc1nc(-c2ccc(C3CCN(CC)CC3)nc2)cc2ncn(C)c(=O)c12. The molecule has 29 heavy (non-hydrogen) atoms. The fourth-order valence-electron chi connectivity index (χ4n) is 4.01. The summed E-state index contributed by atoms with van der Waals surface area (Å²) in [5, 5.41) is 3.73. The topological polar surface area (TPSA) is 75.9 Å². The Morgan fingerprint density at radius 3 is 2.62 bits per heavy atom. The lowest BCUT2D eigenvalue weighted by Gasteiger charge is -2.30. The summed E-state index contributed by atoms with van der Waals surface area (Å²) in [6.07, 6.45) is 5.76. The molecule has 1 aliphatic rings. The minimum atomic E-state index is -0.100. The minimum absolute atomic E-state index is 0.100. The quantitative estimate of drug-likeness (QED) is 0.719. The summed E-state index contributed by atoms with van der Waals surface area (Å²) in [6.45, 7) is 8.29. The molecule has 4 heterocycles. The molecule has 4 rings (SSSR count). The Morgan fingerprint density at radius 2 is 1.97 bits per heavy atom. The van der Waals surface area contributed by atoms with E-state index in [-0.39, 0.29) is 5.56 Å². The average molecular weight is 393 g/mol. The van der Waals surface area contributed by atoms with E-state index in [9.17, 15) is 4.79 Å². The van der Waals surface area contributed by atoms with Gasteiger partial charge < -0.3 is 14.8 Å². The molecule has 0 bridgehead atoms. The van der Waals surface area contributed by atoms with Crippen molar-refractivity contribution < 1.29 is 0 Å². The lowest BCUT2D eigenvalue weighted by molar-refractivity contribution is 0.221. The van der Waals surface area contributed by atoms with Crippen LogP contribution in [0.25, 0.3) is 22.2 Å². The normalized spacial score (nSPS) is 15.7. The molecule has 1 aliphatic heterocycles. The smallest absolute Gasteiger partial charge is 0.264 e. The molecule has 0 aromatic carbocycles. The van der Waals surface area contributed by atoms with E-state index in [1.165, 1.54) is 4.57 Å². The van der Waals surface area contributed by atoms with Gasteiger partial charge >= 0.3 is 0 Å². The molecule has 152 valence electrons. The van der Waals surface area contributed by atoms with Crippen LogP contribution >= 0.6 is 0 Å². The van der Waals surface area contributed by atoms with Crippen molar-refractivity contribution in [1.29, 1.82) is 0 Å². The number of likely N-dealkylation sites (tertiary alicyclic amines) is 1. The van der Waals surface area contributed by atoms with Crippen LogP contribution in [0.3, 0.4) is 0 Å². The first-order chi connectivity index (χ1) is 14.1. The van der Waals surface area contributed by atoms with Gasteiger partial charge in [-0.25, -0.2) is 9.97 Å². The van der Waals surface area contributed by atoms with Crippen LogP contribution in [-0.2, 0) is 7.05 Å². The van der Waals surface area contributed by atoms with Gasteiger partial charge in [-0.3, -0.25) is 9.78 Å². The molecule has 0 saturated carbocycles. The first-order valence-corrected chi connectivity index (χ1v) is 10.4. The van der Waals surface area contributed by atoms with Gasteiger partial charge in [0.25, 0.3) is 5.56 Å². The summed E-state index contributed by atoms with van der Waals surface area (Å²) < 4.78 is 1.48. The Bertz CT molecular complexity index is 1050. The number of nitrogens with zero attached hydrogens (tertiary/aromatic N) is 5. The van der Waals surface area contributed by atoms with Gasteiger partial charge in [0.05, 0.1) is 17.5 Å². The Labute approximate surface area is 170 Å². The fourth-order valence-corrected chi connectivity index (χ4v) is 4.01. The van der Waals surface area contributed by atoms with Crippen molar-refractivity contribution >= 4 is 16.7 Å². The number of hydrogen-bond acceptors (Lipinski definition) is 6. The third-order valence-electron chi connectivity index (χ3n) is 5.78. The second-order valence-electron chi connectivity index (χ2n) is 7.62. The molecule has 0 atom stereocenters. The van der Waals surface area contributed by atoms with E-state index in [2.05, 4.69) is 34.3 Å². The Balaban J connectivity index is 1.66. The summed E-state index contributed by atoms with van der Waals surface area (Å²) in [7, 11) is 1.70. The average Bonchev–Trinajstić information content (AvgIpc) is 2.76. The highest BCUT2D eigenvalue weighted by molar-refractivity contribution is 5.91. The van der Waals surface area contributed by atoms with Crippen molar-refractivity contribution in [3.8, 4) is 11.3 Å². The number of hydrogen-bond donors (Lipinski definition) is 1. The fraction of sp³-hybridized carbons (Fsp3) is 0.455. The molecule has 0 aliphatic carbocycles. The number of pyridine rings is 2. The Kier molecular flexibility index (Phi) is 5.58. The second-order valence-corrected chi connectivity index (χ2v) is 7.62. The lowest BCUT2D eigenvalue weighted by Crippen LogP contribution is -2.32. The maximum atomic E-state index is 12.6. The van der Waals surface area contributed by atoms with Crippen LogP contribution < -0.4 is 10.9 Å². The number of nitrogens with one attached hydrogen (secondary N) is 1. The van der Waals surface area contributed by atoms with Gasteiger partial charge in [-0.1, -0.05) is 6.92 Å². The van der Waals surface area contributed by atoms with Gasteiger partial charge in [-0.2, -0.15) is 0 Å². The van der Waals surface area contributed by atoms with E-state index in [4.69, 9.17) is 9.97 Å². The largest absolute Gasteiger partial charge is 0.370 e. The number of aromatic nitrogens is 4. The van der Waals surface area contributed by atoms with Gasteiger partial charge in [0, 0.05) is 37.0 Å². The Hall–Kier alpha value is -2.80. The zero-order valence-corrected chi connectivity index (χ0v) is 17.4. The maximum Gasteiger partial charge on any atom is 0.264 e. The molecule has 3 aromatic heterocycles. The summed E-state index contributed by atoms with van der Waals surface area (Å²) in [5.74, 6) is 1.10. The summed E-state index contributed by atoms with van der Waals surface area (Å²) in [5.41, 5.74) is 3.41. The van der Waals surface area contributed by atoms with E-state index in [0.29, 0.717) is 29.2 Å². The standard InChI is InChI=1S/C22H28N6O/c1-4-23-21-20-19(25-14-27(3)22(20)29)12-18(26-21)16-6-7-17(24-13-16)15-8-10-28(5-2)11-9-15/h6-7,12-15H,4-5,8-11H2,1-3H3,(H,23,26). The highest BCUT2D eigenvalue weighted by Crippen LogP contribution is 2.29. The van der Waals surface area contributed by atoms with Crippen molar-refractivity contribution in [3.05, 3.63) is 46.8 Å². The van der Waals surface area contributed by atoms with E-state index in [0.717, 1.165) is 49.4 Å². The third kappa shape index (κ3) is 3.87. The minimum Gasteiger partial charge on any atom is -0.370 e. The molecule has 1 fully saturated rings. The van der Waals surface area contributed by atoms with Gasteiger partial charge in [0.2, 0.25) is 0 Å². The first kappa shape index (κ1) is 19.5. The predicted molar refractivity (Wildman–Crippen MR) is 116 cm³/mol. The molecular weight excluding hydrogens is 364 g/mol. The molecule has 3 aromatic rings. The van der Waals surface area contributed by atoms with Crippen LogP contribution in [0.5, 0.6) is 0 Å². The van der Waals surface area contributed by atoms with Crippen molar-refractivity contribution in [3.63, 3.8) is 0 Å². The molecule has 1 N–H and O–H groups in total. The summed E-state index contributed by atoms with van der Waals surface area (Å²) in [4.78, 5) is 29.0. The van der Waals surface area contributed by atoms with Crippen molar-refractivity contribution in [2.24, 2.45) is 7.05 Å². The van der Waals surface area contributed by atoms with E-state index in [1.807, 2.05) is 19.2 Å². The Morgan fingerprint density at radius 1 is 1.17 bits per heavy atom. The van der Waals surface area contributed by atoms with Crippen LogP contribution in [0.1, 0.15) is 38.3 Å². The van der Waals surface area contributed by atoms with Gasteiger partial charge in [0.1, 0.15) is 11.2 Å². The van der Waals surface area contributed by atoms with E-state index in [1.54, 1.807) is 13.4 Å². The second kappa shape index (κ2) is 8.29. The van der Waals surface area contributed by atoms with Crippen molar-refractivity contribution in [2.75, 3.05) is 31.5 Å². The number of rotatable bonds is 5. The zero-order chi connectivity index (χ0) is 20.4. The van der Waals surface area contributed by atoms with Crippen LogP contribution in [0.15, 0.2) is 35.5 Å². The molecule has 0 amide bonds. The monoisotopic (exact) mass is 392 g/mol. The van der Waals surface area contributed by atoms with E-state index >= 15 is 0 Å². The molecule has 1 saturated heterocycles. The summed E-state index contributed by atoms with van der Waals surface area (Å²) in [6, 6.07) is 6.07. The highest BCUT2D eigenvalue weighted by Gasteiger charge is 2.21. The number of aryl methyl sites for hydroxylation is 1. The molecule has 0 unspecified atom stereocenters. The van der Waals surface area contributed by atoms with Crippen molar-refractivity contribution in [2.45, 2.75) is 32.6 Å². The molecular formula is C22H28N6O. The lowest BCUT2D eigenvalue weighted by atomic mass is 9.93.